The molecule has 3 rings (SSSR count). The Hall–Kier alpha value is -2.13. The Bertz CT molecular complexity index is 604. The minimum atomic E-state index is 0.00191. The molecule has 0 spiro atoms. The third-order valence-corrected chi connectivity index (χ3v) is 3.42. The fraction of sp³-hybridized carbons (Fsp3) is 0.188. The summed E-state index contributed by atoms with van der Waals surface area (Å²) in [6.45, 7) is 2.40. The van der Waals surface area contributed by atoms with Crippen LogP contribution >= 0.6 is 0 Å². The van der Waals surface area contributed by atoms with Gasteiger partial charge in [-0.25, -0.2) is 0 Å². The lowest BCUT2D eigenvalue weighted by molar-refractivity contribution is -0.115. The zero-order chi connectivity index (χ0) is 13.2. The average Bonchev–Trinajstić information content (AvgIpc) is 2.58. The summed E-state index contributed by atoms with van der Waals surface area (Å²) >= 11 is 0. The Labute approximate surface area is 112 Å². The van der Waals surface area contributed by atoms with Crippen LogP contribution in [-0.2, 0) is 4.79 Å². The van der Waals surface area contributed by atoms with Crippen LogP contribution in [0.3, 0.4) is 0 Å². The zero-order valence-corrected chi connectivity index (χ0v) is 10.8. The molecule has 0 radical (unpaired) electrons. The molecule has 1 aliphatic rings. The van der Waals surface area contributed by atoms with Gasteiger partial charge in [-0.05, 0) is 24.1 Å². The third kappa shape index (κ3) is 2.37. The summed E-state index contributed by atoms with van der Waals surface area (Å²) in [6, 6.07) is 16.4. The van der Waals surface area contributed by atoms with Crippen molar-refractivity contribution in [3.63, 3.8) is 0 Å². The van der Waals surface area contributed by atoms with Gasteiger partial charge < -0.3 is 5.32 Å². The highest BCUT2D eigenvalue weighted by Gasteiger charge is 2.22. The maximum Gasteiger partial charge on any atom is 0.238 e. The number of para-hydroxylation sites is 1. The van der Waals surface area contributed by atoms with Crippen molar-refractivity contribution in [2.75, 3.05) is 11.9 Å². The molecule has 19 heavy (non-hydrogen) atoms. The number of fused-ring (bicyclic) bond motifs is 1. The molecule has 1 amide bonds. The van der Waals surface area contributed by atoms with Gasteiger partial charge in [-0.1, -0.05) is 48.0 Å². The van der Waals surface area contributed by atoms with E-state index < -0.39 is 0 Å². The number of rotatable bonds is 1. The van der Waals surface area contributed by atoms with Crippen LogP contribution in [0, 0.1) is 6.92 Å². The Morgan fingerprint density at radius 3 is 2.58 bits per heavy atom. The van der Waals surface area contributed by atoms with Crippen LogP contribution < -0.4 is 10.6 Å². The van der Waals surface area contributed by atoms with Gasteiger partial charge in [-0.3, -0.25) is 10.1 Å². The van der Waals surface area contributed by atoms with Crippen molar-refractivity contribution in [3.8, 4) is 0 Å². The maximum absolute atomic E-state index is 11.7. The predicted molar refractivity (Wildman–Crippen MR) is 76.1 cm³/mol. The summed E-state index contributed by atoms with van der Waals surface area (Å²) in [7, 11) is 0. The van der Waals surface area contributed by atoms with Gasteiger partial charge in [0, 0.05) is 5.69 Å². The van der Waals surface area contributed by atoms with Crippen LogP contribution in [0.2, 0.25) is 0 Å². The second-order valence-corrected chi connectivity index (χ2v) is 4.86. The molecule has 2 aromatic carbocycles. The quantitative estimate of drug-likeness (QED) is 0.819. The van der Waals surface area contributed by atoms with Gasteiger partial charge >= 0.3 is 0 Å². The molecule has 3 heteroatoms. The van der Waals surface area contributed by atoms with Crippen molar-refractivity contribution in [2.45, 2.75) is 13.0 Å². The van der Waals surface area contributed by atoms with Crippen molar-refractivity contribution in [2.24, 2.45) is 0 Å². The number of carbonyl (C=O) groups is 1. The van der Waals surface area contributed by atoms with Crippen LogP contribution in [0.1, 0.15) is 22.7 Å². The average molecular weight is 252 g/mol. The number of aryl methyl sites for hydroxylation is 1. The monoisotopic (exact) mass is 252 g/mol. The molecule has 1 atom stereocenters. The number of hydrogen-bond acceptors (Lipinski definition) is 2. The van der Waals surface area contributed by atoms with Crippen LogP contribution in [-0.4, -0.2) is 12.5 Å². The first-order chi connectivity index (χ1) is 9.24. The van der Waals surface area contributed by atoms with Gasteiger partial charge in [0.1, 0.15) is 0 Å². The van der Waals surface area contributed by atoms with E-state index >= 15 is 0 Å². The lowest BCUT2D eigenvalue weighted by Crippen LogP contribution is -2.27. The summed E-state index contributed by atoms with van der Waals surface area (Å²) in [6.07, 6.45) is 0. The minimum Gasteiger partial charge on any atom is -0.325 e. The first-order valence-corrected chi connectivity index (χ1v) is 6.43. The number of carbonyl (C=O) groups excluding carboxylic acids is 1. The summed E-state index contributed by atoms with van der Waals surface area (Å²) in [5.74, 6) is 0.00191. The van der Waals surface area contributed by atoms with E-state index in [2.05, 4.69) is 47.9 Å². The molecule has 96 valence electrons. The largest absolute Gasteiger partial charge is 0.325 e. The Balaban J connectivity index is 2.06. The highest BCUT2D eigenvalue weighted by atomic mass is 16.1. The fourth-order valence-electron chi connectivity index (χ4n) is 2.42. The maximum atomic E-state index is 11.7. The number of hydrogen-bond donors (Lipinski definition) is 2. The van der Waals surface area contributed by atoms with Gasteiger partial charge in [0.15, 0.2) is 0 Å². The highest BCUT2D eigenvalue weighted by Crippen LogP contribution is 2.29. The van der Waals surface area contributed by atoms with Gasteiger partial charge in [-0.15, -0.1) is 0 Å². The van der Waals surface area contributed by atoms with Crippen molar-refractivity contribution >= 4 is 11.6 Å². The highest BCUT2D eigenvalue weighted by molar-refractivity contribution is 5.94. The molecular formula is C16H16N2O. The Kier molecular flexibility index (Phi) is 3.05. The SMILES string of the molecule is Cc1ccc([C@@H]2NCC(=O)Nc3ccccc32)cc1. The van der Waals surface area contributed by atoms with E-state index in [9.17, 15) is 4.79 Å². The molecular weight excluding hydrogens is 236 g/mol. The Morgan fingerprint density at radius 2 is 1.79 bits per heavy atom. The molecule has 0 aliphatic carbocycles. The van der Waals surface area contributed by atoms with Crippen LogP contribution in [0.15, 0.2) is 48.5 Å². The lowest BCUT2D eigenvalue weighted by atomic mass is 9.97. The fourth-order valence-corrected chi connectivity index (χ4v) is 2.42. The molecule has 0 saturated carbocycles. The van der Waals surface area contributed by atoms with Gasteiger partial charge in [-0.2, -0.15) is 0 Å². The van der Waals surface area contributed by atoms with Crippen molar-refractivity contribution in [1.82, 2.24) is 5.32 Å². The van der Waals surface area contributed by atoms with E-state index in [-0.39, 0.29) is 11.9 Å². The molecule has 1 aliphatic heterocycles. The topological polar surface area (TPSA) is 41.1 Å². The van der Waals surface area contributed by atoms with E-state index in [1.807, 2.05) is 18.2 Å². The van der Waals surface area contributed by atoms with Crippen LogP contribution in [0.4, 0.5) is 5.69 Å². The van der Waals surface area contributed by atoms with E-state index in [0.717, 1.165) is 11.3 Å². The third-order valence-electron chi connectivity index (χ3n) is 3.42. The standard InChI is InChI=1S/C16H16N2O/c1-11-6-8-12(9-7-11)16-13-4-2-3-5-14(13)18-15(19)10-17-16/h2-9,16-17H,10H2,1H3,(H,18,19)/t16-/m0/s1. The molecule has 2 N–H and O–H groups in total. The van der Waals surface area contributed by atoms with E-state index in [1.54, 1.807) is 0 Å². The summed E-state index contributed by atoms with van der Waals surface area (Å²) in [5.41, 5.74) is 4.41. The van der Waals surface area contributed by atoms with Gasteiger partial charge in [0.05, 0.1) is 12.6 Å². The molecule has 0 fully saturated rings. The van der Waals surface area contributed by atoms with Crippen LogP contribution in [0.25, 0.3) is 0 Å². The first kappa shape index (κ1) is 11.9. The molecule has 0 unspecified atom stereocenters. The minimum absolute atomic E-state index is 0.00191. The zero-order valence-electron chi connectivity index (χ0n) is 10.8. The lowest BCUT2D eigenvalue weighted by Gasteiger charge is -2.18. The van der Waals surface area contributed by atoms with Gasteiger partial charge in [0.2, 0.25) is 5.91 Å². The normalized spacial score (nSPS) is 18.4. The molecule has 0 aromatic heterocycles. The first-order valence-electron chi connectivity index (χ1n) is 6.43. The van der Waals surface area contributed by atoms with Crippen LogP contribution in [0.5, 0.6) is 0 Å². The number of nitrogens with one attached hydrogen (secondary N) is 2. The molecule has 1 heterocycles. The summed E-state index contributed by atoms with van der Waals surface area (Å²) < 4.78 is 0. The molecule has 0 bridgehead atoms. The second kappa shape index (κ2) is 4.86. The summed E-state index contributed by atoms with van der Waals surface area (Å²) in [5, 5.41) is 6.24. The van der Waals surface area contributed by atoms with E-state index in [0.29, 0.717) is 6.54 Å². The number of amides is 1. The van der Waals surface area contributed by atoms with E-state index in [4.69, 9.17) is 0 Å². The molecule has 0 saturated heterocycles. The number of anilines is 1. The predicted octanol–water partition coefficient (Wildman–Crippen LogP) is 2.63. The van der Waals surface area contributed by atoms with E-state index in [1.165, 1.54) is 11.1 Å². The number of benzene rings is 2. The summed E-state index contributed by atoms with van der Waals surface area (Å²) in [4.78, 5) is 11.7. The van der Waals surface area contributed by atoms with Gasteiger partial charge in [0.25, 0.3) is 0 Å². The Morgan fingerprint density at radius 1 is 1.05 bits per heavy atom. The molecule has 2 aromatic rings. The van der Waals surface area contributed by atoms with Crippen molar-refractivity contribution in [1.29, 1.82) is 0 Å². The van der Waals surface area contributed by atoms with Crippen molar-refractivity contribution < 1.29 is 4.79 Å². The molecule has 3 nitrogen and oxygen atoms in total. The smallest absolute Gasteiger partial charge is 0.238 e. The second-order valence-electron chi connectivity index (χ2n) is 4.86. The van der Waals surface area contributed by atoms with Crippen molar-refractivity contribution in [3.05, 3.63) is 65.2 Å².